The topological polar surface area (TPSA) is 107 Å². The van der Waals surface area contributed by atoms with Crippen LogP contribution in [0.25, 0.3) is 22.3 Å². The van der Waals surface area contributed by atoms with Crippen LogP contribution >= 0.6 is 0 Å². The third-order valence-electron chi connectivity index (χ3n) is 10.4. The zero-order valence-electron chi connectivity index (χ0n) is 31.0. The molecule has 2 fully saturated rings. The van der Waals surface area contributed by atoms with Crippen LogP contribution in [0, 0.1) is 5.82 Å². The fraction of sp³-hybridized carbons (Fsp3) is 0.325. The second-order valence-electron chi connectivity index (χ2n) is 14.9. The van der Waals surface area contributed by atoms with E-state index in [0.717, 1.165) is 29.5 Å². The van der Waals surface area contributed by atoms with Crippen LogP contribution < -0.4 is 19.8 Å². The summed E-state index contributed by atoms with van der Waals surface area (Å²) in [7, 11) is -3.88. The molecule has 0 unspecified atom stereocenters. The van der Waals surface area contributed by atoms with Gasteiger partial charge < -0.3 is 23.8 Å². The van der Waals surface area contributed by atoms with Gasteiger partial charge in [-0.3, -0.25) is 9.10 Å². The van der Waals surface area contributed by atoms with Crippen LogP contribution in [0.2, 0.25) is 0 Å². The third-order valence-corrected chi connectivity index (χ3v) is 11.5. The Balaban J connectivity index is 1.29. The SMILES string of the molecule is CNC(=O)c1c(-c2ccc(Oc3ccc(F)cc3)cc2)oc2cc(N(Cc3ccc(B4OC(C)(C)C(C)(C)O4)c(C(F)(F)F)c3)S(C)(=O)=O)c(C3CC3)cc12. The van der Waals surface area contributed by atoms with Gasteiger partial charge >= 0.3 is 13.3 Å². The smallest absolute Gasteiger partial charge is 0.457 e. The fourth-order valence-electron chi connectivity index (χ4n) is 6.62. The van der Waals surface area contributed by atoms with Crippen molar-refractivity contribution in [2.24, 2.45) is 0 Å². The minimum absolute atomic E-state index is 0.0427. The van der Waals surface area contributed by atoms with E-state index in [2.05, 4.69) is 5.32 Å². The van der Waals surface area contributed by atoms with E-state index in [1.54, 1.807) is 58.0 Å². The van der Waals surface area contributed by atoms with Crippen LogP contribution in [0.3, 0.4) is 0 Å². The average Bonchev–Trinajstić information content (AvgIpc) is 3.85. The summed E-state index contributed by atoms with van der Waals surface area (Å²) in [6.45, 7) is 6.57. The van der Waals surface area contributed by atoms with Gasteiger partial charge in [0.15, 0.2) is 0 Å². The van der Waals surface area contributed by atoms with Crippen molar-refractivity contribution < 1.29 is 49.2 Å². The molecule has 0 radical (unpaired) electrons. The average molecular weight is 779 g/mol. The summed E-state index contributed by atoms with van der Waals surface area (Å²) in [6, 6.07) is 19.2. The van der Waals surface area contributed by atoms with E-state index >= 15 is 0 Å². The molecule has 1 amide bonds. The van der Waals surface area contributed by atoms with Crippen LogP contribution in [-0.2, 0) is 32.1 Å². The number of carbonyl (C=O) groups excluding carboxylic acids is 1. The summed E-state index contributed by atoms with van der Waals surface area (Å²) in [4.78, 5) is 13.4. The van der Waals surface area contributed by atoms with E-state index in [9.17, 15) is 30.8 Å². The summed E-state index contributed by atoms with van der Waals surface area (Å²) in [6.07, 6.45) is -2.29. The minimum Gasteiger partial charge on any atom is -0.457 e. The molecule has 2 aliphatic rings. The number of halogens is 4. The number of carbonyl (C=O) groups is 1. The molecule has 55 heavy (non-hydrogen) atoms. The largest absolute Gasteiger partial charge is 0.495 e. The second kappa shape index (κ2) is 13.7. The quantitative estimate of drug-likeness (QED) is 0.112. The van der Waals surface area contributed by atoms with E-state index < -0.39 is 58.4 Å². The molecule has 288 valence electrons. The maximum absolute atomic E-state index is 14.6. The highest BCUT2D eigenvalue weighted by Gasteiger charge is 2.53. The fourth-order valence-corrected chi connectivity index (χ4v) is 7.52. The number of furan rings is 1. The molecule has 2 heterocycles. The summed E-state index contributed by atoms with van der Waals surface area (Å²) in [5.74, 6) is 0.226. The van der Waals surface area contributed by atoms with Gasteiger partial charge in [-0.1, -0.05) is 12.1 Å². The Hall–Kier alpha value is -4.86. The molecule has 5 aromatic rings. The van der Waals surface area contributed by atoms with Crippen molar-refractivity contribution in [2.75, 3.05) is 17.6 Å². The molecule has 1 aliphatic carbocycles. The molecule has 1 aromatic heterocycles. The summed E-state index contributed by atoms with van der Waals surface area (Å²) in [5, 5.41) is 3.11. The van der Waals surface area contributed by atoms with E-state index in [0.29, 0.717) is 28.0 Å². The van der Waals surface area contributed by atoms with Crippen molar-refractivity contribution in [3.8, 4) is 22.8 Å². The maximum atomic E-state index is 14.6. The molecule has 7 rings (SSSR count). The Morgan fingerprint density at radius 1 is 0.927 bits per heavy atom. The normalized spacial score (nSPS) is 16.7. The number of anilines is 1. The molecule has 1 aliphatic heterocycles. The molecule has 0 spiro atoms. The molecule has 1 N–H and O–H groups in total. The first-order valence-electron chi connectivity index (χ1n) is 17.7. The molecule has 9 nitrogen and oxygen atoms in total. The van der Waals surface area contributed by atoms with Gasteiger partial charge in [0, 0.05) is 24.1 Å². The predicted molar refractivity (Wildman–Crippen MR) is 202 cm³/mol. The number of nitrogens with one attached hydrogen (secondary N) is 1. The van der Waals surface area contributed by atoms with Crippen molar-refractivity contribution in [1.82, 2.24) is 5.32 Å². The standard InChI is InChI=1S/C40H39BF4N2O7S/c1-38(2)39(3,4)54-41(53-38)32-18-7-23(19-31(32)40(43,44)45)22-47(55(6,49)50)33-21-34-30(20-29(33)24-8-9-24)35(37(48)46-5)36(52-34)25-10-14-27(15-11-25)51-28-16-12-26(42)13-17-28/h7,10-21,24H,8-9,22H2,1-6H3,(H,46,48). The lowest BCUT2D eigenvalue weighted by Gasteiger charge is -2.32. The summed E-state index contributed by atoms with van der Waals surface area (Å²) in [5.41, 5.74) is -1.02. The lowest BCUT2D eigenvalue weighted by Crippen LogP contribution is -2.41. The number of rotatable bonds is 10. The lowest BCUT2D eigenvalue weighted by molar-refractivity contribution is -0.136. The van der Waals surface area contributed by atoms with Gasteiger partial charge in [0.2, 0.25) is 10.0 Å². The van der Waals surface area contributed by atoms with Crippen LogP contribution in [0.1, 0.15) is 73.5 Å². The number of alkyl halides is 3. The van der Waals surface area contributed by atoms with Crippen molar-refractivity contribution in [3.63, 3.8) is 0 Å². The monoisotopic (exact) mass is 778 g/mol. The number of fused-ring (bicyclic) bond motifs is 1. The van der Waals surface area contributed by atoms with Gasteiger partial charge in [0.25, 0.3) is 5.91 Å². The van der Waals surface area contributed by atoms with Gasteiger partial charge in [-0.2, -0.15) is 13.2 Å². The van der Waals surface area contributed by atoms with Gasteiger partial charge in [0.1, 0.15) is 28.7 Å². The minimum atomic E-state index is -4.80. The van der Waals surface area contributed by atoms with Gasteiger partial charge in [-0.15, -0.1) is 0 Å². The van der Waals surface area contributed by atoms with Gasteiger partial charge in [-0.25, -0.2) is 12.8 Å². The van der Waals surface area contributed by atoms with Crippen molar-refractivity contribution in [2.45, 2.75) is 70.4 Å². The highest BCUT2D eigenvalue weighted by molar-refractivity contribution is 7.92. The third kappa shape index (κ3) is 7.57. The zero-order valence-corrected chi connectivity index (χ0v) is 31.8. The van der Waals surface area contributed by atoms with Crippen molar-refractivity contribution in [1.29, 1.82) is 0 Å². The molecule has 15 heteroatoms. The highest BCUT2D eigenvalue weighted by atomic mass is 32.2. The zero-order chi connectivity index (χ0) is 39.7. The van der Waals surface area contributed by atoms with Crippen LogP contribution in [0.4, 0.5) is 23.2 Å². The van der Waals surface area contributed by atoms with E-state index in [1.165, 1.54) is 49.5 Å². The Morgan fingerprint density at radius 2 is 1.53 bits per heavy atom. The number of hydrogen-bond donors (Lipinski definition) is 1. The first kappa shape index (κ1) is 38.4. The molecular weight excluding hydrogens is 739 g/mol. The molecular formula is C40H39BF4N2O7S. The number of benzene rings is 4. The highest BCUT2D eigenvalue weighted by Crippen LogP contribution is 2.48. The van der Waals surface area contributed by atoms with Crippen molar-refractivity contribution in [3.05, 3.63) is 107 Å². The Kier molecular flexibility index (Phi) is 9.58. The number of nitrogens with zero attached hydrogens (tertiary/aromatic N) is 1. The second-order valence-corrected chi connectivity index (χ2v) is 16.8. The van der Waals surface area contributed by atoms with E-state index in [1.807, 2.05) is 0 Å². The van der Waals surface area contributed by atoms with E-state index in [4.69, 9.17) is 18.5 Å². The van der Waals surface area contributed by atoms with E-state index in [-0.39, 0.29) is 39.5 Å². The van der Waals surface area contributed by atoms with Crippen LogP contribution in [-0.4, -0.2) is 45.9 Å². The first-order chi connectivity index (χ1) is 25.8. The summed E-state index contributed by atoms with van der Waals surface area (Å²) < 4.78 is 109. The van der Waals surface area contributed by atoms with Crippen LogP contribution in [0.15, 0.2) is 83.3 Å². The summed E-state index contributed by atoms with van der Waals surface area (Å²) >= 11 is 0. The Labute approximate surface area is 316 Å². The molecule has 0 bridgehead atoms. The molecule has 1 saturated heterocycles. The van der Waals surface area contributed by atoms with Crippen molar-refractivity contribution >= 4 is 45.2 Å². The number of sulfonamides is 1. The van der Waals surface area contributed by atoms with Gasteiger partial charge in [0.05, 0.1) is 40.8 Å². The number of amides is 1. The lowest BCUT2D eigenvalue weighted by atomic mass is 9.75. The predicted octanol–water partition coefficient (Wildman–Crippen LogP) is 8.55. The molecule has 1 saturated carbocycles. The van der Waals surface area contributed by atoms with Gasteiger partial charge in [-0.05, 0) is 124 Å². The van der Waals surface area contributed by atoms with Crippen LogP contribution in [0.5, 0.6) is 11.5 Å². The first-order valence-corrected chi connectivity index (χ1v) is 19.5. The maximum Gasteiger partial charge on any atom is 0.495 e. The Morgan fingerprint density at radius 3 is 2.07 bits per heavy atom. The molecule has 4 aromatic carbocycles. The Bertz CT molecular complexity index is 2380. The number of hydrogen-bond acceptors (Lipinski definition) is 7. The number of ether oxygens (including phenoxy) is 1. The molecule has 0 atom stereocenters.